The van der Waals surface area contributed by atoms with Crippen LogP contribution in [-0.2, 0) is 23.8 Å². The Morgan fingerprint density at radius 3 is 1.82 bits per heavy atom. The smallest absolute Gasteiger partial charge is 0.222 e. The highest BCUT2D eigenvalue weighted by atomic mass is 32.3. The average molecular weight is 512 g/mol. The van der Waals surface area contributed by atoms with Crippen molar-refractivity contribution in [1.82, 2.24) is 4.90 Å². The third-order valence-electron chi connectivity index (χ3n) is 6.05. The largest absolute Gasteiger partial charge is 0.494 e. The highest BCUT2D eigenvalue weighted by Crippen LogP contribution is 2.48. The summed E-state index contributed by atoms with van der Waals surface area (Å²) >= 11 is 0. The van der Waals surface area contributed by atoms with E-state index >= 15 is 0 Å². The van der Waals surface area contributed by atoms with Crippen LogP contribution >= 0.6 is 0 Å². The van der Waals surface area contributed by atoms with Crippen LogP contribution in [0.4, 0.5) is 0 Å². The van der Waals surface area contributed by atoms with Crippen molar-refractivity contribution in [3.8, 4) is 11.5 Å². The molecule has 2 saturated heterocycles. The number of hydrogen-bond donors (Lipinski definition) is 2. The van der Waals surface area contributed by atoms with Crippen LogP contribution in [0.2, 0.25) is 0 Å². The van der Waals surface area contributed by atoms with Gasteiger partial charge in [0, 0.05) is 19.6 Å². The van der Waals surface area contributed by atoms with Crippen molar-refractivity contribution in [3.63, 3.8) is 0 Å². The zero-order chi connectivity index (χ0) is 24.4. The number of sulfone groups is 2. The summed E-state index contributed by atoms with van der Waals surface area (Å²) in [4.78, 5) is 2.29. The van der Waals surface area contributed by atoms with Gasteiger partial charge in [0.05, 0.1) is 24.7 Å². The van der Waals surface area contributed by atoms with E-state index in [-0.39, 0.29) is 17.7 Å². The Kier molecular flexibility index (Phi) is 7.20. The van der Waals surface area contributed by atoms with Crippen molar-refractivity contribution in [1.29, 1.82) is 0 Å². The van der Waals surface area contributed by atoms with Crippen LogP contribution in [0.5, 0.6) is 11.5 Å². The van der Waals surface area contributed by atoms with Crippen molar-refractivity contribution in [3.05, 3.63) is 59.7 Å². The lowest BCUT2D eigenvalue weighted by Gasteiger charge is -2.28. The Morgan fingerprint density at radius 1 is 0.853 bits per heavy atom. The Labute approximate surface area is 199 Å². The normalized spacial score (nSPS) is 21.1. The van der Waals surface area contributed by atoms with Gasteiger partial charge in [-0.15, -0.1) is 0 Å². The molecule has 0 aliphatic carbocycles. The van der Waals surface area contributed by atoms with Gasteiger partial charge in [0.15, 0.2) is 19.7 Å². The molecule has 0 amide bonds. The first kappa shape index (κ1) is 24.9. The van der Waals surface area contributed by atoms with Crippen molar-refractivity contribution in [2.75, 3.05) is 51.0 Å². The highest BCUT2D eigenvalue weighted by Gasteiger charge is 2.62. The molecule has 2 N–H and O–H groups in total. The average Bonchev–Trinajstić information content (AvgIpc) is 3.62. The van der Waals surface area contributed by atoms with Crippen LogP contribution in [0, 0.1) is 0 Å². The van der Waals surface area contributed by atoms with E-state index in [1.54, 1.807) is 12.1 Å². The molecule has 34 heavy (non-hydrogen) atoms. The fraction of sp³-hybridized carbons (Fsp3) is 0.478. The number of aliphatic hydroxyl groups is 2. The molecule has 9 nitrogen and oxygen atoms in total. The number of hydrogen-bond acceptors (Lipinski definition) is 9. The summed E-state index contributed by atoms with van der Waals surface area (Å²) in [5.74, 6) is -0.0788. The lowest BCUT2D eigenvalue weighted by molar-refractivity contribution is 0.0536. The summed E-state index contributed by atoms with van der Waals surface area (Å²) in [7, 11) is -8.18. The van der Waals surface area contributed by atoms with Gasteiger partial charge in [0.25, 0.3) is 0 Å². The van der Waals surface area contributed by atoms with Crippen molar-refractivity contribution in [2.45, 2.75) is 16.6 Å². The number of nitrogens with zero attached hydrogens (tertiary/aromatic N) is 1. The van der Waals surface area contributed by atoms with Gasteiger partial charge in [-0.25, -0.2) is 16.8 Å². The van der Waals surface area contributed by atoms with Gasteiger partial charge >= 0.3 is 0 Å². The van der Waals surface area contributed by atoms with Crippen LogP contribution < -0.4 is 9.47 Å². The maximum Gasteiger partial charge on any atom is 0.222 e. The summed E-state index contributed by atoms with van der Waals surface area (Å²) in [5.41, 5.74) is 0.248. The summed E-state index contributed by atoms with van der Waals surface area (Å²) in [6.45, 7) is 3.11. The van der Waals surface area contributed by atoms with Crippen molar-refractivity contribution < 1.29 is 36.5 Å². The zero-order valence-electron chi connectivity index (χ0n) is 18.7. The Balaban J connectivity index is 1.63. The molecule has 2 aromatic carbocycles. The molecule has 1 atom stereocenters. The number of aliphatic hydroxyl groups excluding tert-OH is 2. The Morgan fingerprint density at radius 2 is 1.35 bits per heavy atom. The lowest BCUT2D eigenvalue weighted by Crippen LogP contribution is -2.39. The molecule has 1 unspecified atom stereocenters. The third-order valence-corrected chi connectivity index (χ3v) is 12.0. The molecule has 2 heterocycles. The zero-order valence-corrected chi connectivity index (χ0v) is 20.3. The quantitative estimate of drug-likeness (QED) is 0.328. The van der Waals surface area contributed by atoms with Gasteiger partial charge in [0.2, 0.25) is 4.08 Å². The topological polar surface area (TPSA) is 130 Å². The first-order valence-electron chi connectivity index (χ1n) is 11.1. The molecule has 186 valence electrons. The number of ether oxygens (including phenoxy) is 2. The maximum atomic E-state index is 13.3. The fourth-order valence-electron chi connectivity index (χ4n) is 4.14. The van der Waals surface area contributed by atoms with Crippen LogP contribution in [0.3, 0.4) is 0 Å². The third kappa shape index (κ3) is 4.80. The minimum atomic E-state index is -4.09. The minimum absolute atomic E-state index is 0.104. The molecule has 2 aliphatic rings. The molecular weight excluding hydrogens is 482 g/mol. The molecule has 2 aliphatic heterocycles. The van der Waals surface area contributed by atoms with E-state index in [2.05, 4.69) is 4.90 Å². The van der Waals surface area contributed by atoms with E-state index in [0.29, 0.717) is 18.1 Å². The molecule has 11 heteroatoms. The van der Waals surface area contributed by atoms with Gasteiger partial charge < -0.3 is 24.6 Å². The van der Waals surface area contributed by atoms with Crippen LogP contribution in [-0.4, -0.2) is 89.0 Å². The second-order valence-electron chi connectivity index (χ2n) is 8.49. The van der Waals surface area contributed by atoms with Gasteiger partial charge in [-0.2, -0.15) is 0 Å². The monoisotopic (exact) mass is 511 g/mol. The van der Waals surface area contributed by atoms with Crippen molar-refractivity contribution in [2.24, 2.45) is 0 Å². The van der Waals surface area contributed by atoms with Gasteiger partial charge in [-0.3, -0.25) is 0 Å². The molecule has 0 bridgehead atoms. The SMILES string of the molecule is O=S1(=O)CCS(=O)(=O)C1(c1ccc(OCCCN2CC2)cc1)c1ccc(OCC(O)CO)cc1. The molecule has 0 radical (unpaired) electrons. The van der Waals surface area contributed by atoms with E-state index in [9.17, 15) is 21.9 Å². The Hall–Kier alpha value is -2.18. The molecule has 0 saturated carbocycles. The van der Waals surface area contributed by atoms with E-state index in [1.165, 1.54) is 36.4 Å². The summed E-state index contributed by atoms with van der Waals surface area (Å²) in [5, 5.41) is 18.4. The minimum Gasteiger partial charge on any atom is -0.494 e. The number of benzene rings is 2. The predicted octanol–water partition coefficient (Wildman–Crippen LogP) is 0.547. The second kappa shape index (κ2) is 9.82. The van der Waals surface area contributed by atoms with Gasteiger partial charge in [-0.05, 0) is 41.8 Å². The van der Waals surface area contributed by atoms with E-state index in [1.807, 2.05) is 0 Å². The van der Waals surface area contributed by atoms with Crippen LogP contribution in [0.1, 0.15) is 17.5 Å². The van der Waals surface area contributed by atoms with E-state index in [0.717, 1.165) is 26.1 Å². The lowest BCUT2D eigenvalue weighted by atomic mass is 10.0. The van der Waals surface area contributed by atoms with E-state index < -0.39 is 48.0 Å². The maximum absolute atomic E-state index is 13.3. The van der Waals surface area contributed by atoms with Crippen molar-refractivity contribution >= 4 is 19.7 Å². The first-order valence-corrected chi connectivity index (χ1v) is 14.4. The van der Waals surface area contributed by atoms with Crippen LogP contribution in [0.15, 0.2) is 48.5 Å². The predicted molar refractivity (Wildman–Crippen MR) is 126 cm³/mol. The number of rotatable bonds is 11. The highest BCUT2D eigenvalue weighted by molar-refractivity contribution is 8.13. The summed E-state index contributed by atoms with van der Waals surface area (Å²) < 4.78 is 62.1. The molecule has 0 aromatic heterocycles. The summed E-state index contributed by atoms with van der Waals surface area (Å²) in [6.07, 6.45) is -0.188. The van der Waals surface area contributed by atoms with Gasteiger partial charge in [-0.1, -0.05) is 24.3 Å². The van der Waals surface area contributed by atoms with E-state index in [4.69, 9.17) is 14.6 Å². The summed E-state index contributed by atoms with van der Waals surface area (Å²) in [6, 6.07) is 12.0. The van der Waals surface area contributed by atoms with Gasteiger partial charge in [0.1, 0.15) is 24.2 Å². The Bertz CT molecular complexity index is 1160. The molecule has 2 aromatic rings. The fourth-order valence-corrected chi connectivity index (χ4v) is 10.5. The molecule has 2 fully saturated rings. The standard InChI is InChI=1S/C23H29NO8S2/c25-16-20(26)17-32-22-8-4-19(5-9-22)23(33(27,28)14-15-34(23,29)30)18-2-6-21(7-3-18)31-13-1-10-24-11-12-24/h2-9,20,25-26H,1,10-17H2. The second-order valence-corrected chi connectivity index (χ2v) is 13.3. The first-order chi connectivity index (χ1) is 16.2. The molecular formula is C23H29NO8S2. The van der Waals surface area contributed by atoms with Crippen LogP contribution in [0.25, 0.3) is 0 Å². The molecule has 4 rings (SSSR count). The molecule has 0 spiro atoms.